The second kappa shape index (κ2) is 2.81. The van der Waals surface area contributed by atoms with Crippen LogP contribution in [0.2, 0.25) is 0 Å². The summed E-state index contributed by atoms with van der Waals surface area (Å²) in [7, 11) is 0. The van der Waals surface area contributed by atoms with Gasteiger partial charge in [0, 0.05) is 0 Å². The third-order valence-electron chi connectivity index (χ3n) is 2.52. The predicted octanol–water partition coefficient (Wildman–Crippen LogP) is 2.68. The van der Waals surface area contributed by atoms with E-state index in [1.165, 1.54) is 0 Å². The van der Waals surface area contributed by atoms with Crippen molar-refractivity contribution in [3.8, 4) is 5.75 Å². The van der Waals surface area contributed by atoms with Crippen molar-refractivity contribution in [2.24, 2.45) is 0 Å². The van der Waals surface area contributed by atoms with Crippen LogP contribution >= 0.6 is 0 Å². The average molecular weight is 162 g/mol. The van der Waals surface area contributed by atoms with Crippen LogP contribution in [-0.2, 0) is 0 Å². The van der Waals surface area contributed by atoms with Gasteiger partial charge < -0.3 is 5.11 Å². The Morgan fingerprint density at radius 2 is 1.17 bits per heavy atom. The maximum absolute atomic E-state index is 9.61. The van der Waals surface area contributed by atoms with Crippen molar-refractivity contribution in [2.75, 3.05) is 0 Å². The summed E-state index contributed by atoms with van der Waals surface area (Å²) >= 11 is 0. The van der Waals surface area contributed by atoms with E-state index >= 15 is 0 Å². The number of aromatic hydroxyl groups is 1. The molecule has 0 aliphatic carbocycles. The van der Waals surface area contributed by atoms with Gasteiger partial charge in [0.2, 0.25) is 0 Å². The molecule has 0 amide bonds. The van der Waals surface area contributed by atoms with Crippen LogP contribution in [0.5, 0.6) is 5.75 Å². The molecule has 0 aromatic heterocycles. The molecule has 0 spiro atoms. The fourth-order valence-corrected chi connectivity index (χ4v) is 1.31. The van der Waals surface area contributed by atoms with Gasteiger partial charge in [0.05, 0.1) is 0 Å². The lowest BCUT2D eigenvalue weighted by Crippen LogP contribution is -1.95. The van der Waals surface area contributed by atoms with Gasteiger partial charge in [0.1, 0.15) is 5.75 Å². The van der Waals surface area contributed by atoms with Crippen molar-refractivity contribution in [2.45, 2.75) is 20.8 Å². The molecule has 0 unspecified atom stereocenters. The van der Waals surface area contributed by atoms with Crippen molar-refractivity contribution in [3.05, 3.63) is 41.7 Å². The number of benzene rings is 1. The fraction of sp³-hybridized carbons (Fsp3) is 0.273. The van der Waals surface area contributed by atoms with Crippen LogP contribution in [0.4, 0.5) is 0 Å². The van der Waals surface area contributed by atoms with Gasteiger partial charge in [0.15, 0.2) is 0 Å². The predicted molar refractivity (Wildman–Crippen MR) is 51.2 cm³/mol. The highest BCUT2D eigenvalue weighted by Gasteiger charge is 2.10. The topological polar surface area (TPSA) is 20.2 Å². The zero-order valence-corrected chi connectivity index (χ0v) is 7.86. The van der Waals surface area contributed by atoms with E-state index in [-0.39, 0.29) is 0 Å². The Morgan fingerprint density at radius 1 is 0.833 bits per heavy atom. The Morgan fingerprint density at radius 3 is 1.50 bits per heavy atom. The van der Waals surface area contributed by atoms with Crippen LogP contribution in [0, 0.1) is 34.6 Å². The summed E-state index contributed by atoms with van der Waals surface area (Å²) < 4.78 is 0. The molecule has 0 heterocycles. The van der Waals surface area contributed by atoms with Gasteiger partial charge >= 0.3 is 0 Å². The Labute approximate surface area is 74.1 Å². The van der Waals surface area contributed by atoms with E-state index < -0.39 is 0 Å². The van der Waals surface area contributed by atoms with Crippen LogP contribution in [0.1, 0.15) is 27.8 Å². The van der Waals surface area contributed by atoms with Crippen molar-refractivity contribution in [3.63, 3.8) is 0 Å². The molecule has 0 fully saturated rings. The summed E-state index contributed by atoms with van der Waals surface area (Å²) in [5.74, 6) is 0.329. The second-order valence-corrected chi connectivity index (χ2v) is 3.18. The van der Waals surface area contributed by atoms with E-state index in [0.717, 1.165) is 27.8 Å². The fourth-order valence-electron chi connectivity index (χ4n) is 1.31. The third kappa shape index (κ3) is 1.09. The normalized spacial score (nSPS) is 10.4. The van der Waals surface area contributed by atoms with E-state index in [9.17, 15) is 5.11 Å². The van der Waals surface area contributed by atoms with Gasteiger partial charge in [-0.25, -0.2) is 0 Å². The largest absolute Gasteiger partial charge is 0.507 e. The van der Waals surface area contributed by atoms with E-state index in [1.807, 2.05) is 20.8 Å². The minimum Gasteiger partial charge on any atom is -0.507 e. The summed E-state index contributed by atoms with van der Waals surface area (Å²) in [4.78, 5) is 0. The first-order valence-corrected chi connectivity index (χ1v) is 3.93. The highest BCUT2D eigenvalue weighted by atomic mass is 16.3. The Balaban J connectivity index is 3.60. The lowest BCUT2D eigenvalue weighted by Gasteiger charge is -2.13. The molecule has 0 saturated heterocycles. The van der Waals surface area contributed by atoms with Crippen LogP contribution in [-0.4, -0.2) is 5.11 Å². The Bertz CT molecular complexity index is 219. The smallest absolute Gasteiger partial charge is 0.121 e. The van der Waals surface area contributed by atoms with Crippen LogP contribution < -0.4 is 0 Å². The monoisotopic (exact) mass is 162 g/mol. The van der Waals surface area contributed by atoms with Crippen molar-refractivity contribution in [1.82, 2.24) is 0 Å². The summed E-state index contributed by atoms with van der Waals surface area (Å²) in [5, 5.41) is 9.61. The van der Waals surface area contributed by atoms with Crippen molar-refractivity contribution < 1.29 is 5.11 Å². The van der Waals surface area contributed by atoms with Gasteiger partial charge in [-0.15, -0.1) is 0 Å². The summed E-state index contributed by atoms with van der Waals surface area (Å²) in [6.45, 7) is 13.5. The molecule has 1 rings (SSSR count). The van der Waals surface area contributed by atoms with Crippen LogP contribution in [0.25, 0.3) is 0 Å². The second-order valence-electron chi connectivity index (χ2n) is 3.18. The molecule has 2 radical (unpaired) electrons. The number of hydrogen-bond acceptors (Lipinski definition) is 1. The molecule has 64 valence electrons. The number of phenols is 1. The molecule has 1 heteroatoms. The first-order valence-electron chi connectivity index (χ1n) is 3.93. The standard InChI is InChI=1S/C11H14O/c1-6-7(2)9(4)11(12)10(5)8(6)3/h12H,2-3H2,1,4-5H3. The van der Waals surface area contributed by atoms with Gasteiger partial charge in [-0.2, -0.15) is 0 Å². The quantitative estimate of drug-likeness (QED) is 0.621. The van der Waals surface area contributed by atoms with E-state index in [2.05, 4.69) is 13.8 Å². The molecular formula is C11H14O. The Kier molecular flexibility index (Phi) is 2.14. The SMILES string of the molecule is [CH2]c1c(C)c([CH2])c(C)c(O)c1C. The maximum atomic E-state index is 9.61. The van der Waals surface area contributed by atoms with E-state index in [0.29, 0.717) is 5.75 Å². The van der Waals surface area contributed by atoms with Crippen LogP contribution in [0.3, 0.4) is 0 Å². The highest BCUT2D eigenvalue weighted by Crippen LogP contribution is 2.30. The molecule has 0 aliphatic rings. The molecular weight excluding hydrogens is 148 g/mol. The minimum absolute atomic E-state index is 0.329. The molecule has 1 N–H and O–H groups in total. The molecule has 1 aromatic carbocycles. The molecule has 0 bridgehead atoms. The summed E-state index contributed by atoms with van der Waals surface area (Å²) in [6.07, 6.45) is 0. The lowest BCUT2D eigenvalue weighted by molar-refractivity contribution is 0.466. The zero-order chi connectivity index (χ0) is 9.46. The lowest BCUT2D eigenvalue weighted by atomic mass is 9.94. The average Bonchev–Trinajstić information content (AvgIpc) is 2.08. The highest BCUT2D eigenvalue weighted by molar-refractivity contribution is 5.55. The molecule has 12 heavy (non-hydrogen) atoms. The third-order valence-corrected chi connectivity index (χ3v) is 2.52. The maximum Gasteiger partial charge on any atom is 0.121 e. The summed E-state index contributed by atoms with van der Waals surface area (Å²) in [5.41, 5.74) is 4.57. The van der Waals surface area contributed by atoms with Crippen molar-refractivity contribution in [1.29, 1.82) is 0 Å². The zero-order valence-electron chi connectivity index (χ0n) is 7.86. The van der Waals surface area contributed by atoms with Gasteiger partial charge in [-0.05, 0) is 62.4 Å². The first kappa shape index (κ1) is 9.11. The summed E-state index contributed by atoms with van der Waals surface area (Å²) in [6, 6.07) is 0. The molecule has 1 aromatic rings. The number of hydrogen-bond donors (Lipinski definition) is 1. The van der Waals surface area contributed by atoms with Crippen LogP contribution in [0.15, 0.2) is 0 Å². The minimum atomic E-state index is 0.329. The number of phenolic OH excluding ortho intramolecular Hbond substituents is 1. The van der Waals surface area contributed by atoms with Gasteiger partial charge in [-0.1, -0.05) is 0 Å². The Hall–Kier alpha value is -0.980. The first-order chi connectivity index (χ1) is 5.46. The van der Waals surface area contributed by atoms with E-state index in [1.54, 1.807) is 0 Å². The van der Waals surface area contributed by atoms with Crippen molar-refractivity contribution >= 4 is 0 Å². The van der Waals surface area contributed by atoms with E-state index in [4.69, 9.17) is 0 Å². The number of rotatable bonds is 0. The van der Waals surface area contributed by atoms with Gasteiger partial charge in [0.25, 0.3) is 0 Å². The molecule has 0 aliphatic heterocycles. The molecule has 0 saturated carbocycles. The van der Waals surface area contributed by atoms with Gasteiger partial charge in [-0.3, -0.25) is 0 Å². The molecule has 0 atom stereocenters. The molecule has 1 nitrogen and oxygen atoms in total.